The van der Waals surface area contributed by atoms with Crippen molar-refractivity contribution >= 4 is 33.2 Å². The van der Waals surface area contributed by atoms with Crippen molar-refractivity contribution in [2.24, 2.45) is 5.92 Å². The summed E-state index contributed by atoms with van der Waals surface area (Å²) in [5.41, 5.74) is 0.920. The van der Waals surface area contributed by atoms with Gasteiger partial charge >= 0.3 is 0 Å². The second kappa shape index (κ2) is 13.6. The van der Waals surface area contributed by atoms with Crippen LogP contribution in [0.2, 0.25) is 0 Å². The molecule has 3 atom stereocenters. The number of carbonyl (C=O) groups excluding carboxylic acids is 2. The summed E-state index contributed by atoms with van der Waals surface area (Å²) in [5.74, 6) is -2.32. The molecule has 4 heterocycles. The van der Waals surface area contributed by atoms with Crippen LogP contribution < -0.4 is 10.6 Å². The molecule has 0 spiro atoms. The molecule has 2 unspecified atom stereocenters. The van der Waals surface area contributed by atoms with Gasteiger partial charge in [-0.3, -0.25) is 9.59 Å². The Balaban J connectivity index is 1.29. The lowest BCUT2D eigenvalue weighted by atomic mass is 9.97. The van der Waals surface area contributed by atoms with Gasteiger partial charge in [-0.05, 0) is 49.1 Å². The third kappa shape index (κ3) is 7.66. The number of hydrogen-bond acceptors (Lipinski definition) is 8. The average Bonchev–Trinajstić information content (AvgIpc) is 3.73. The van der Waals surface area contributed by atoms with E-state index in [1.165, 1.54) is 22.7 Å². The van der Waals surface area contributed by atoms with Crippen molar-refractivity contribution in [2.45, 2.75) is 55.3 Å². The first-order chi connectivity index (χ1) is 20.6. The van der Waals surface area contributed by atoms with Crippen LogP contribution in [-0.2, 0) is 26.0 Å². The smallest absolute Gasteiger partial charge is 0.252 e. The van der Waals surface area contributed by atoms with Crippen molar-refractivity contribution in [1.29, 1.82) is 0 Å². The zero-order valence-corrected chi connectivity index (χ0v) is 25.4. The van der Waals surface area contributed by atoms with Crippen LogP contribution in [0.25, 0.3) is 10.6 Å². The lowest BCUT2D eigenvalue weighted by molar-refractivity contribution is -0.129. The molecule has 2 aromatic heterocycles. The minimum atomic E-state index is -3.80. The molecule has 1 aromatic carbocycles. The predicted octanol–water partition coefficient (Wildman–Crippen LogP) is 3.41. The second-order valence-corrected chi connectivity index (χ2v) is 14.3. The number of rotatable bonds is 12. The molecule has 0 radical (unpaired) electrons. The highest BCUT2D eigenvalue weighted by atomic mass is 32.2. The van der Waals surface area contributed by atoms with Crippen molar-refractivity contribution in [2.75, 3.05) is 32.7 Å². The molecule has 2 aliphatic heterocycles. The van der Waals surface area contributed by atoms with Crippen LogP contribution in [0.3, 0.4) is 0 Å². The van der Waals surface area contributed by atoms with E-state index < -0.39 is 33.6 Å². The van der Waals surface area contributed by atoms with E-state index in [1.54, 1.807) is 23.1 Å². The Morgan fingerprint density at radius 1 is 1.21 bits per heavy atom. The highest BCUT2D eigenvalue weighted by Gasteiger charge is 2.36. The minimum Gasteiger partial charge on any atom is -0.364 e. The second-order valence-electron chi connectivity index (χ2n) is 11.0. The van der Waals surface area contributed by atoms with Crippen molar-refractivity contribution < 1.29 is 31.3 Å². The molecular weight excluding hydrogens is 600 g/mol. The maximum absolute atomic E-state index is 14.0. The van der Waals surface area contributed by atoms with Gasteiger partial charge < -0.3 is 20.1 Å². The topological polar surface area (TPSA) is 125 Å². The Kier molecular flexibility index (Phi) is 9.89. The number of piperazine rings is 1. The number of halogens is 2. The third-order valence-electron chi connectivity index (χ3n) is 7.77. The molecule has 2 saturated heterocycles. The quantitative estimate of drug-likeness (QED) is 0.313. The van der Waals surface area contributed by atoms with E-state index in [1.807, 2.05) is 6.92 Å². The molecule has 0 saturated carbocycles. The van der Waals surface area contributed by atoms with Gasteiger partial charge in [0.1, 0.15) is 27.8 Å². The van der Waals surface area contributed by atoms with Crippen molar-refractivity contribution in [3.8, 4) is 10.6 Å². The van der Waals surface area contributed by atoms with Crippen LogP contribution in [0.1, 0.15) is 38.2 Å². The molecule has 0 aliphatic carbocycles. The van der Waals surface area contributed by atoms with Gasteiger partial charge in [-0.2, -0.15) is 4.31 Å². The maximum atomic E-state index is 14.0. The standard InChI is InChI=1S/C29H35F2N5O5S2/c1-2-3-8-35-17-20(14-27(35)37)29(38)33-23(13-19-11-21(30)15-22(31)12-19)16-24-18-36(9-7-32-24)43(39,40)28-5-4-26(42-28)25-6-10-41-34-25/h4-6,10-12,15,20,23-24,32H,2-3,7-9,13-14,16-18H2,1H3,(H,33,38)/t20?,23?,24-/m0/s1. The minimum absolute atomic E-state index is 0.0626. The molecule has 14 heteroatoms. The van der Waals surface area contributed by atoms with Crippen molar-refractivity contribution in [3.63, 3.8) is 0 Å². The Morgan fingerprint density at radius 3 is 2.72 bits per heavy atom. The van der Waals surface area contributed by atoms with Gasteiger partial charge in [0, 0.05) is 63.4 Å². The zero-order valence-electron chi connectivity index (χ0n) is 23.8. The van der Waals surface area contributed by atoms with Gasteiger partial charge in [-0.25, -0.2) is 17.2 Å². The first-order valence-electron chi connectivity index (χ1n) is 14.4. The van der Waals surface area contributed by atoms with E-state index >= 15 is 0 Å². The number of aromatic nitrogens is 1. The van der Waals surface area contributed by atoms with E-state index in [4.69, 9.17) is 4.52 Å². The van der Waals surface area contributed by atoms with Crippen LogP contribution in [0.4, 0.5) is 8.78 Å². The highest BCUT2D eigenvalue weighted by molar-refractivity contribution is 7.91. The molecule has 3 aromatic rings. The SMILES string of the molecule is CCCCN1CC(C(=O)NC(Cc2cc(F)cc(F)c2)C[C@H]2CN(S(=O)(=O)c3ccc(-c4ccon4)s3)CCN2)CC1=O. The van der Waals surface area contributed by atoms with E-state index in [2.05, 4.69) is 15.8 Å². The van der Waals surface area contributed by atoms with Crippen LogP contribution in [0.15, 0.2) is 51.4 Å². The van der Waals surface area contributed by atoms with E-state index in [-0.39, 0.29) is 48.0 Å². The Morgan fingerprint density at radius 2 is 2.00 bits per heavy atom. The third-order valence-corrected chi connectivity index (χ3v) is 11.2. The number of benzene rings is 1. The molecule has 0 bridgehead atoms. The number of likely N-dealkylation sites (tertiary alicyclic amines) is 1. The van der Waals surface area contributed by atoms with Gasteiger partial charge in [0.15, 0.2) is 0 Å². The number of nitrogens with one attached hydrogen (secondary N) is 2. The Bertz CT molecular complexity index is 1510. The molecule has 2 fully saturated rings. The molecule has 5 rings (SSSR count). The average molecular weight is 636 g/mol. The van der Waals surface area contributed by atoms with Crippen LogP contribution in [0.5, 0.6) is 0 Å². The summed E-state index contributed by atoms with van der Waals surface area (Å²) in [6.07, 6.45) is 3.77. The summed E-state index contributed by atoms with van der Waals surface area (Å²) in [7, 11) is -3.80. The van der Waals surface area contributed by atoms with E-state index in [9.17, 15) is 26.8 Å². The number of carbonyl (C=O) groups is 2. The number of amides is 2. The number of unbranched alkanes of at least 4 members (excludes halogenated alkanes) is 1. The largest absolute Gasteiger partial charge is 0.364 e. The normalized spacial score (nSPS) is 20.4. The summed E-state index contributed by atoms with van der Waals surface area (Å²) >= 11 is 1.11. The Hall–Kier alpha value is -3.20. The van der Waals surface area contributed by atoms with E-state index in [0.717, 1.165) is 30.2 Å². The first kappa shape index (κ1) is 31.2. The van der Waals surface area contributed by atoms with Crippen LogP contribution >= 0.6 is 11.3 Å². The number of thiophene rings is 1. The van der Waals surface area contributed by atoms with Gasteiger partial charge in [0.25, 0.3) is 10.0 Å². The number of nitrogens with zero attached hydrogens (tertiary/aromatic N) is 3. The monoisotopic (exact) mass is 635 g/mol. The molecule has 2 amide bonds. The van der Waals surface area contributed by atoms with Crippen molar-refractivity contribution in [1.82, 2.24) is 25.0 Å². The lowest BCUT2D eigenvalue weighted by Crippen LogP contribution is -2.55. The van der Waals surface area contributed by atoms with E-state index in [0.29, 0.717) is 42.2 Å². The van der Waals surface area contributed by atoms with Crippen LogP contribution in [-0.4, -0.2) is 79.4 Å². The van der Waals surface area contributed by atoms with Gasteiger partial charge in [0.05, 0.1) is 10.8 Å². The fourth-order valence-electron chi connectivity index (χ4n) is 5.62. The predicted molar refractivity (Wildman–Crippen MR) is 157 cm³/mol. The van der Waals surface area contributed by atoms with Gasteiger partial charge in [-0.1, -0.05) is 18.5 Å². The number of sulfonamides is 1. The fraction of sp³-hybridized carbons (Fsp3) is 0.483. The van der Waals surface area contributed by atoms with Gasteiger partial charge in [0.2, 0.25) is 11.8 Å². The summed E-state index contributed by atoms with van der Waals surface area (Å²) in [5, 5.41) is 10.2. The van der Waals surface area contributed by atoms with Gasteiger partial charge in [-0.15, -0.1) is 11.3 Å². The first-order valence-corrected chi connectivity index (χ1v) is 16.6. The molecule has 232 valence electrons. The molecule has 2 aliphatic rings. The molecule has 10 nitrogen and oxygen atoms in total. The van der Waals surface area contributed by atoms with Crippen molar-refractivity contribution in [3.05, 3.63) is 59.9 Å². The molecule has 43 heavy (non-hydrogen) atoms. The lowest BCUT2D eigenvalue weighted by Gasteiger charge is -2.35. The highest BCUT2D eigenvalue weighted by Crippen LogP contribution is 2.32. The maximum Gasteiger partial charge on any atom is 0.252 e. The summed E-state index contributed by atoms with van der Waals surface area (Å²) in [6, 6.07) is 7.24. The Labute approximate surface area is 253 Å². The molecular formula is C29H35F2N5O5S2. The zero-order chi connectivity index (χ0) is 30.6. The fourth-order valence-corrected chi connectivity index (χ4v) is 8.52. The number of hydrogen-bond donors (Lipinski definition) is 2. The summed E-state index contributed by atoms with van der Waals surface area (Å²) in [4.78, 5) is 28.2. The van der Waals surface area contributed by atoms with Crippen LogP contribution in [0, 0.1) is 17.6 Å². The summed E-state index contributed by atoms with van der Waals surface area (Å²) in [6.45, 7) is 3.77. The summed E-state index contributed by atoms with van der Waals surface area (Å²) < 4.78 is 61.5. The molecule has 2 N–H and O–H groups in total.